The second-order valence-electron chi connectivity index (χ2n) is 3.71. The van der Waals surface area contributed by atoms with Crippen LogP contribution in [0.15, 0.2) is 44.5 Å². The fourth-order valence-corrected chi connectivity index (χ4v) is 3.16. The zero-order valence-electron chi connectivity index (χ0n) is 10.3. The summed E-state index contributed by atoms with van der Waals surface area (Å²) in [5, 5.41) is 5.73. The lowest BCUT2D eigenvalue weighted by Crippen LogP contribution is -2.17. The van der Waals surface area contributed by atoms with Crippen molar-refractivity contribution in [3.05, 3.63) is 45.2 Å². The molecule has 2 N–H and O–H groups in total. The number of nitrogens with one attached hydrogen (secondary N) is 2. The molecule has 7 nitrogen and oxygen atoms in total. The molecule has 0 saturated heterocycles. The first-order valence-corrected chi connectivity index (χ1v) is 7.62. The van der Waals surface area contributed by atoms with Crippen LogP contribution >= 0.6 is 15.9 Å². The first-order chi connectivity index (χ1) is 9.42. The van der Waals surface area contributed by atoms with Crippen molar-refractivity contribution in [3.8, 4) is 5.75 Å². The van der Waals surface area contributed by atoms with Gasteiger partial charge in [-0.1, -0.05) is 15.9 Å². The highest BCUT2D eigenvalue weighted by molar-refractivity contribution is 9.10. The minimum atomic E-state index is -3.88. The molecular weight excluding hydrogens is 350 g/mol. The normalized spacial score (nSPS) is 11.1. The monoisotopic (exact) mass is 359 g/mol. The van der Waals surface area contributed by atoms with Gasteiger partial charge in [0, 0.05) is 10.5 Å². The van der Waals surface area contributed by atoms with E-state index in [1.807, 2.05) is 0 Å². The van der Waals surface area contributed by atoms with E-state index >= 15 is 0 Å². The molecule has 0 fully saturated rings. The molecule has 0 aliphatic heterocycles. The number of hydrogen-bond acceptors (Lipinski definition) is 5. The molecule has 1 aromatic carbocycles. The molecule has 1 aromatic heterocycles. The maximum atomic E-state index is 12.3. The molecule has 0 aliphatic rings. The summed E-state index contributed by atoms with van der Waals surface area (Å²) in [6.07, 6.45) is 0. The first kappa shape index (κ1) is 14.5. The molecule has 9 heteroatoms. The molecular formula is C11H10BrN3O4S. The Morgan fingerprint density at radius 3 is 2.65 bits per heavy atom. The van der Waals surface area contributed by atoms with Gasteiger partial charge in [-0.2, -0.15) is 5.10 Å². The van der Waals surface area contributed by atoms with E-state index in [-0.39, 0.29) is 16.5 Å². The summed E-state index contributed by atoms with van der Waals surface area (Å²) < 4.78 is 32.4. The number of aromatic amines is 1. The molecule has 0 spiro atoms. The predicted octanol–water partition coefficient (Wildman–Crippen LogP) is 1.34. The minimum absolute atomic E-state index is 0.00614. The van der Waals surface area contributed by atoms with Crippen LogP contribution in [0.3, 0.4) is 0 Å². The molecule has 0 bridgehead atoms. The minimum Gasteiger partial charge on any atom is -0.495 e. The molecule has 2 aromatic rings. The third kappa shape index (κ3) is 3.17. The topological polar surface area (TPSA) is 101 Å². The van der Waals surface area contributed by atoms with Crippen molar-refractivity contribution in [2.75, 3.05) is 11.8 Å². The zero-order chi connectivity index (χ0) is 14.8. The molecule has 0 radical (unpaired) electrons. The van der Waals surface area contributed by atoms with E-state index in [2.05, 4.69) is 30.8 Å². The van der Waals surface area contributed by atoms with Gasteiger partial charge in [0.05, 0.1) is 7.11 Å². The second-order valence-corrected chi connectivity index (χ2v) is 6.27. The van der Waals surface area contributed by atoms with Crippen molar-refractivity contribution in [1.82, 2.24) is 10.2 Å². The van der Waals surface area contributed by atoms with Crippen molar-refractivity contribution in [2.45, 2.75) is 4.90 Å². The lowest BCUT2D eigenvalue weighted by atomic mass is 10.3. The molecule has 0 amide bonds. The van der Waals surface area contributed by atoms with E-state index in [0.29, 0.717) is 4.47 Å². The van der Waals surface area contributed by atoms with Gasteiger partial charge in [-0.3, -0.25) is 9.52 Å². The summed E-state index contributed by atoms with van der Waals surface area (Å²) >= 11 is 3.20. The van der Waals surface area contributed by atoms with Crippen LogP contribution in [-0.2, 0) is 10.0 Å². The quantitative estimate of drug-likeness (QED) is 0.857. The number of benzene rings is 1. The number of rotatable bonds is 4. The number of H-pyrrole nitrogens is 1. The van der Waals surface area contributed by atoms with Crippen molar-refractivity contribution < 1.29 is 13.2 Å². The Morgan fingerprint density at radius 2 is 2.05 bits per heavy atom. The van der Waals surface area contributed by atoms with E-state index in [1.54, 1.807) is 6.07 Å². The smallest absolute Gasteiger partial charge is 0.266 e. The number of nitrogens with zero attached hydrogens (tertiary/aromatic N) is 1. The van der Waals surface area contributed by atoms with E-state index in [1.165, 1.54) is 31.4 Å². The van der Waals surface area contributed by atoms with Crippen molar-refractivity contribution in [2.24, 2.45) is 0 Å². The highest BCUT2D eigenvalue weighted by Gasteiger charge is 2.20. The highest BCUT2D eigenvalue weighted by Crippen LogP contribution is 2.28. The molecule has 0 unspecified atom stereocenters. The van der Waals surface area contributed by atoms with Gasteiger partial charge >= 0.3 is 0 Å². The summed E-state index contributed by atoms with van der Waals surface area (Å²) in [5.41, 5.74) is -0.423. The van der Waals surface area contributed by atoms with Crippen LogP contribution in [0.5, 0.6) is 5.75 Å². The van der Waals surface area contributed by atoms with Crippen molar-refractivity contribution in [1.29, 1.82) is 0 Å². The molecule has 0 saturated carbocycles. The van der Waals surface area contributed by atoms with Crippen LogP contribution < -0.4 is 15.0 Å². The van der Waals surface area contributed by atoms with Crippen molar-refractivity contribution >= 4 is 31.8 Å². The maximum absolute atomic E-state index is 12.3. The van der Waals surface area contributed by atoms with E-state index in [4.69, 9.17) is 4.74 Å². The van der Waals surface area contributed by atoms with E-state index in [9.17, 15) is 13.2 Å². The summed E-state index contributed by atoms with van der Waals surface area (Å²) in [7, 11) is -2.51. The number of methoxy groups -OCH3 is 1. The third-order valence-electron chi connectivity index (χ3n) is 2.33. The van der Waals surface area contributed by atoms with Gasteiger partial charge in [-0.05, 0) is 24.3 Å². The third-order valence-corrected chi connectivity index (χ3v) is 4.20. The average molecular weight is 360 g/mol. The Kier molecular flexibility index (Phi) is 4.09. The van der Waals surface area contributed by atoms with Gasteiger partial charge in [0.2, 0.25) is 0 Å². The van der Waals surface area contributed by atoms with Crippen LogP contribution in [0.25, 0.3) is 0 Å². The molecule has 1 heterocycles. The standard InChI is InChI=1S/C11H10BrN3O4S/c1-19-8-3-2-7(12)6-9(8)20(17,18)15-10-4-5-11(16)14-13-10/h2-6H,1H3,(H,13,15)(H,14,16). The Labute approximate surface area is 123 Å². The molecule has 20 heavy (non-hydrogen) atoms. The number of sulfonamides is 1. The SMILES string of the molecule is COc1ccc(Br)cc1S(=O)(=O)Nc1ccc(=O)[nH]n1. The van der Waals surface area contributed by atoms with Gasteiger partial charge in [-0.25, -0.2) is 13.5 Å². The predicted molar refractivity (Wildman–Crippen MR) is 76.4 cm³/mol. The van der Waals surface area contributed by atoms with Gasteiger partial charge in [-0.15, -0.1) is 0 Å². The number of ether oxygens (including phenoxy) is 1. The van der Waals surface area contributed by atoms with Crippen LogP contribution in [-0.4, -0.2) is 25.7 Å². The molecule has 2 rings (SSSR count). The number of hydrogen-bond donors (Lipinski definition) is 2. The Morgan fingerprint density at radius 1 is 1.30 bits per heavy atom. The number of anilines is 1. The Hall–Kier alpha value is -1.87. The van der Waals surface area contributed by atoms with Crippen molar-refractivity contribution in [3.63, 3.8) is 0 Å². The second kappa shape index (κ2) is 5.63. The van der Waals surface area contributed by atoms with Crippen LogP contribution in [0.4, 0.5) is 5.82 Å². The fraction of sp³-hybridized carbons (Fsp3) is 0.0909. The van der Waals surface area contributed by atoms with Crippen LogP contribution in [0.2, 0.25) is 0 Å². The van der Waals surface area contributed by atoms with E-state index in [0.717, 1.165) is 0 Å². The highest BCUT2D eigenvalue weighted by atomic mass is 79.9. The summed E-state index contributed by atoms with van der Waals surface area (Å²) in [4.78, 5) is 10.8. The Bertz CT molecular complexity index is 768. The summed E-state index contributed by atoms with van der Waals surface area (Å²) in [6, 6.07) is 7.03. The average Bonchev–Trinajstić information content (AvgIpc) is 2.41. The van der Waals surface area contributed by atoms with Gasteiger partial charge < -0.3 is 4.74 Å². The lowest BCUT2D eigenvalue weighted by molar-refractivity contribution is 0.403. The zero-order valence-corrected chi connectivity index (χ0v) is 12.7. The molecule has 106 valence electrons. The first-order valence-electron chi connectivity index (χ1n) is 5.34. The van der Waals surface area contributed by atoms with Gasteiger partial charge in [0.1, 0.15) is 10.6 Å². The summed E-state index contributed by atoms with van der Waals surface area (Å²) in [6.45, 7) is 0. The largest absolute Gasteiger partial charge is 0.495 e. The van der Waals surface area contributed by atoms with Crippen LogP contribution in [0, 0.1) is 0 Å². The molecule has 0 aliphatic carbocycles. The maximum Gasteiger partial charge on any atom is 0.266 e. The number of aromatic nitrogens is 2. The fourth-order valence-electron chi connectivity index (χ4n) is 1.45. The molecule has 0 atom stereocenters. The van der Waals surface area contributed by atoms with Gasteiger partial charge in [0.25, 0.3) is 15.6 Å². The van der Waals surface area contributed by atoms with E-state index < -0.39 is 15.6 Å². The van der Waals surface area contributed by atoms with Crippen LogP contribution in [0.1, 0.15) is 0 Å². The summed E-state index contributed by atoms with van der Waals surface area (Å²) in [5.74, 6) is 0.205. The van der Waals surface area contributed by atoms with Gasteiger partial charge in [0.15, 0.2) is 5.82 Å². The Balaban J connectivity index is 2.42. The lowest BCUT2D eigenvalue weighted by Gasteiger charge is -2.11. The number of halogens is 1.